The first-order chi connectivity index (χ1) is 8.84. The van der Waals surface area contributed by atoms with Gasteiger partial charge in [0.1, 0.15) is 5.56 Å². The Morgan fingerprint density at radius 1 is 1.58 bits per heavy atom. The van der Waals surface area contributed by atoms with Crippen molar-refractivity contribution in [3.8, 4) is 0 Å². The molecule has 0 radical (unpaired) electrons. The van der Waals surface area contributed by atoms with Crippen molar-refractivity contribution in [1.82, 2.24) is 0 Å². The van der Waals surface area contributed by atoms with E-state index in [1.165, 1.54) is 0 Å². The van der Waals surface area contributed by atoms with Gasteiger partial charge in [0.15, 0.2) is 22.2 Å². The molecule has 1 aliphatic rings. The number of carbonyl (C=O) groups is 1. The van der Waals surface area contributed by atoms with Crippen LogP contribution in [0.3, 0.4) is 0 Å². The van der Waals surface area contributed by atoms with E-state index in [4.69, 9.17) is 9.84 Å². The number of hydrogen-bond donors (Lipinski definition) is 1. The summed E-state index contributed by atoms with van der Waals surface area (Å²) in [6, 6.07) is 1.02. The van der Waals surface area contributed by atoms with Gasteiger partial charge < -0.3 is 15.1 Å². The van der Waals surface area contributed by atoms with Crippen LogP contribution in [-0.4, -0.2) is 37.5 Å². The lowest BCUT2D eigenvalue weighted by atomic mass is 10.2. The van der Waals surface area contributed by atoms with Crippen LogP contribution in [-0.2, 0) is 14.6 Å². The molecule has 19 heavy (non-hydrogen) atoms. The average molecular weight is 287 g/mol. The van der Waals surface area contributed by atoms with Crippen LogP contribution in [0.5, 0.6) is 0 Å². The highest BCUT2D eigenvalue weighted by Crippen LogP contribution is 2.28. The second-order valence-corrected chi connectivity index (χ2v) is 6.47. The molecule has 0 spiro atoms. The number of nitrogens with zero attached hydrogens (tertiary/aromatic N) is 1. The molecule has 8 heteroatoms. The van der Waals surface area contributed by atoms with Gasteiger partial charge in [-0.25, -0.2) is 13.2 Å². The molecule has 2 atom stereocenters. The summed E-state index contributed by atoms with van der Waals surface area (Å²) in [7, 11) is -3.84. The Balaban J connectivity index is 2.55. The maximum absolute atomic E-state index is 12.4. The standard InChI is InChI=1S/C11H13NO6S/c1-7-9(3-5-18-7)19(16,17)10-2-4-12(15)6-8(10)11(13)14/h2,4,6-7,9H,3,5H2,1H3,(H,13,14). The van der Waals surface area contributed by atoms with E-state index in [0.29, 0.717) is 13.0 Å². The smallest absolute Gasteiger partial charge is 0.343 e. The zero-order valence-electron chi connectivity index (χ0n) is 10.1. The average Bonchev–Trinajstić information content (AvgIpc) is 2.75. The first-order valence-electron chi connectivity index (χ1n) is 5.65. The summed E-state index contributed by atoms with van der Waals surface area (Å²) in [5.41, 5.74) is -0.517. The van der Waals surface area contributed by atoms with E-state index in [0.717, 1.165) is 18.5 Å². The second-order valence-electron chi connectivity index (χ2n) is 4.34. The number of hydrogen-bond acceptors (Lipinski definition) is 5. The van der Waals surface area contributed by atoms with Gasteiger partial charge in [-0.2, -0.15) is 4.73 Å². The molecule has 0 aromatic carbocycles. The maximum atomic E-state index is 12.4. The SMILES string of the molecule is CC1OCCC1S(=O)(=O)c1cc[n+]([O-])cc1C(=O)O. The number of aromatic carboxylic acids is 1. The number of carboxylic acids is 1. The molecular formula is C11H13NO6S. The Hall–Kier alpha value is -1.67. The molecule has 2 heterocycles. The molecule has 104 valence electrons. The lowest BCUT2D eigenvalue weighted by Gasteiger charge is -2.16. The number of sulfone groups is 1. The fourth-order valence-electron chi connectivity index (χ4n) is 2.16. The molecule has 1 aromatic heterocycles. The van der Waals surface area contributed by atoms with Gasteiger partial charge in [0.2, 0.25) is 0 Å². The lowest BCUT2D eigenvalue weighted by molar-refractivity contribution is -0.605. The molecule has 2 rings (SSSR count). The summed E-state index contributed by atoms with van der Waals surface area (Å²) in [4.78, 5) is 10.7. The van der Waals surface area contributed by atoms with Crippen molar-refractivity contribution >= 4 is 15.8 Å². The number of rotatable bonds is 3. The van der Waals surface area contributed by atoms with E-state index in [1.807, 2.05) is 0 Å². The van der Waals surface area contributed by atoms with Crippen molar-refractivity contribution in [3.05, 3.63) is 29.2 Å². The molecule has 1 fully saturated rings. The molecule has 2 unspecified atom stereocenters. The normalized spacial score (nSPS) is 23.4. The third kappa shape index (κ3) is 2.41. The monoisotopic (exact) mass is 287 g/mol. The second kappa shape index (κ2) is 4.78. The molecular weight excluding hydrogens is 274 g/mol. The fraction of sp³-hybridized carbons (Fsp3) is 0.455. The van der Waals surface area contributed by atoms with E-state index in [1.54, 1.807) is 6.92 Å². The van der Waals surface area contributed by atoms with Crippen LogP contribution in [0.15, 0.2) is 23.4 Å². The van der Waals surface area contributed by atoms with Crippen LogP contribution < -0.4 is 4.73 Å². The van der Waals surface area contributed by atoms with Gasteiger partial charge in [0.25, 0.3) is 0 Å². The Kier molecular flexibility index (Phi) is 3.46. The molecule has 0 amide bonds. The minimum atomic E-state index is -3.84. The molecule has 1 aromatic rings. The van der Waals surface area contributed by atoms with Gasteiger partial charge in [0.05, 0.1) is 16.2 Å². The van der Waals surface area contributed by atoms with E-state index < -0.39 is 32.7 Å². The highest BCUT2D eigenvalue weighted by Gasteiger charge is 2.39. The summed E-state index contributed by atoms with van der Waals surface area (Å²) in [5.74, 6) is -1.45. The Morgan fingerprint density at radius 2 is 2.26 bits per heavy atom. The molecule has 1 N–H and O–H groups in total. The van der Waals surface area contributed by atoms with E-state index in [9.17, 15) is 18.4 Å². The van der Waals surface area contributed by atoms with Crippen LogP contribution in [0.4, 0.5) is 0 Å². The topological polar surface area (TPSA) is 108 Å². The largest absolute Gasteiger partial charge is 0.619 e. The predicted molar refractivity (Wildman–Crippen MR) is 63.4 cm³/mol. The quantitative estimate of drug-likeness (QED) is 0.618. The van der Waals surface area contributed by atoms with Crippen molar-refractivity contribution in [3.63, 3.8) is 0 Å². The van der Waals surface area contributed by atoms with Crippen molar-refractivity contribution in [2.75, 3.05) is 6.61 Å². The summed E-state index contributed by atoms with van der Waals surface area (Å²) in [6.45, 7) is 1.95. The Bertz CT molecular complexity index is 612. The predicted octanol–water partition coefficient (Wildman–Crippen LogP) is -0.0307. The van der Waals surface area contributed by atoms with Crippen LogP contribution in [0, 0.1) is 5.21 Å². The zero-order valence-corrected chi connectivity index (χ0v) is 11.0. The van der Waals surface area contributed by atoms with E-state index in [-0.39, 0.29) is 9.63 Å². The van der Waals surface area contributed by atoms with Gasteiger partial charge in [-0.1, -0.05) is 0 Å². The van der Waals surface area contributed by atoms with E-state index in [2.05, 4.69) is 0 Å². The first kappa shape index (κ1) is 13.8. The summed E-state index contributed by atoms with van der Waals surface area (Å²) in [6.07, 6.45) is 1.54. The fourth-order valence-corrected chi connectivity index (χ4v) is 4.17. The van der Waals surface area contributed by atoms with Crippen molar-refractivity contribution in [2.24, 2.45) is 0 Å². The summed E-state index contributed by atoms with van der Waals surface area (Å²) >= 11 is 0. The Morgan fingerprint density at radius 3 is 2.79 bits per heavy atom. The first-order valence-corrected chi connectivity index (χ1v) is 7.20. The highest BCUT2D eigenvalue weighted by atomic mass is 32.2. The number of carboxylic acid groups (broad SMARTS) is 1. The molecule has 1 aliphatic heterocycles. The van der Waals surface area contributed by atoms with Gasteiger partial charge in [-0.15, -0.1) is 0 Å². The van der Waals surface area contributed by atoms with Gasteiger partial charge in [-0.05, 0) is 13.3 Å². The summed E-state index contributed by atoms with van der Waals surface area (Å²) in [5, 5.41) is 19.3. The van der Waals surface area contributed by atoms with Crippen molar-refractivity contribution in [2.45, 2.75) is 29.6 Å². The van der Waals surface area contributed by atoms with Crippen LogP contribution in [0.1, 0.15) is 23.7 Å². The summed E-state index contributed by atoms with van der Waals surface area (Å²) < 4.78 is 30.3. The van der Waals surface area contributed by atoms with Crippen LogP contribution in [0.25, 0.3) is 0 Å². The van der Waals surface area contributed by atoms with Crippen LogP contribution in [0.2, 0.25) is 0 Å². The highest BCUT2D eigenvalue weighted by molar-refractivity contribution is 7.92. The molecule has 1 saturated heterocycles. The molecule has 0 bridgehead atoms. The van der Waals surface area contributed by atoms with Gasteiger partial charge in [0, 0.05) is 12.7 Å². The van der Waals surface area contributed by atoms with E-state index >= 15 is 0 Å². The molecule has 0 saturated carbocycles. The van der Waals surface area contributed by atoms with Crippen LogP contribution >= 0.6 is 0 Å². The third-order valence-electron chi connectivity index (χ3n) is 3.14. The lowest BCUT2D eigenvalue weighted by Crippen LogP contribution is -2.32. The van der Waals surface area contributed by atoms with Crippen molar-refractivity contribution < 1.29 is 27.8 Å². The van der Waals surface area contributed by atoms with Crippen molar-refractivity contribution in [1.29, 1.82) is 0 Å². The Labute approximate surface area is 109 Å². The van der Waals surface area contributed by atoms with Gasteiger partial charge >= 0.3 is 5.97 Å². The molecule has 0 aliphatic carbocycles. The number of pyridine rings is 1. The third-order valence-corrected chi connectivity index (χ3v) is 5.52. The minimum absolute atomic E-state index is 0.261. The zero-order chi connectivity index (χ0) is 14.2. The maximum Gasteiger partial charge on any atom is 0.343 e. The minimum Gasteiger partial charge on any atom is -0.619 e. The van der Waals surface area contributed by atoms with Gasteiger partial charge in [-0.3, -0.25) is 0 Å². The molecule has 7 nitrogen and oxygen atoms in total. The number of ether oxygens (including phenoxy) is 1. The number of aromatic nitrogens is 1.